The number of rotatable bonds is 7. The molecule has 0 amide bonds. The van der Waals surface area contributed by atoms with Crippen molar-refractivity contribution >= 4 is 15.8 Å². The molecule has 0 radical (unpaired) electrons. The Kier molecular flexibility index (Phi) is 5.85. The topological polar surface area (TPSA) is 94.9 Å². The van der Waals surface area contributed by atoms with Crippen LogP contribution >= 0.6 is 0 Å². The Morgan fingerprint density at radius 3 is 2.36 bits per heavy atom. The van der Waals surface area contributed by atoms with E-state index in [2.05, 4.69) is 0 Å². The maximum absolute atomic E-state index is 12.7. The second-order valence-electron chi connectivity index (χ2n) is 6.44. The molecule has 1 aliphatic heterocycles. The molecule has 3 rings (SSSR count). The average molecular weight is 406 g/mol. The van der Waals surface area contributed by atoms with Gasteiger partial charge in [-0.05, 0) is 37.1 Å². The zero-order valence-electron chi connectivity index (χ0n) is 15.8. The Bertz CT molecular complexity index is 1040. The minimum absolute atomic E-state index is 0.00844. The smallest absolute Gasteiger partial charge is 0.251 e. The average Bonchev–Trinajstić information content (AvgIpc) is 3.24. The zero-order chi connectivity index (χ0) is 20.3. The van der Waals surface area contributed by atoms with E-state index < -0.39 is 15.6 Å². The lowest BCUT2D eigenvalue weighted by Crippen LogP contribution is -2.30. The Balaban J connectivity index is 1.88. The van der Waals surface area contributed by atoms with Crippen LogP contribution in [-0.2, 0) is 16.6 Å². The van der Waals surface area contributed by atoms with Crippen LogP contribution < -0.4 is 15.0 Å². The lowest BCUT2D eigenvalue weighted by molar-refractivity contribution is 0.0970. The molecule has 0 spiro atoms. The molecule has 1 saturated heterocycles. The van der Waals surface area contributed by atoms with Crippen molar-refractivity contribution in [2.24, 2.45) is 0 Å². The summed E-state index contributed by atoms with van der Waals surface area (Å²) >= 11 is 0. The first-order valence-electron chi connectivity index (χ1n) is 8.82. The summed E-state index contributed by atoms with van der Waals surface area (Å²) in [5.74, 6) is 0.528. The number of sulfonamides is 1. The van der Waals surface area contributed by atoms with Gasteiger partial charge >= 0.3 is 0 Å². The Labute approximate surface area is 163 Å². The summed E-state index contributed by atoms with van der Waals surface area (Å²) in [6, 6.07) is 7.15. The van der Waals surface area contributed by atoms with Crippen molar-refractivity contribution in [2.75, 3.05) is 27.3 Å². The lowest BCUT2D eigenvalue weighted by atomic mass is 10.1. The van der Waals surface area contributed by atoms with Gasteiger partial charge in [0.05, 0.1) is 25.7 Å². The number of aromatic nitrogens is 1. The number of hydrogen-bond donors (Lipinski definition) is 0. The highest BCUT2D eigenvalue weighted by atomic mass is 32.2. The van der Waals surface area contributed by atoms with E-state index in [4.69, 9.17) is 9.47 Å². The Morgan fingerprint density at radius 2 is 1.71 bits per heavy atom. The molecule has 0 aliphatic carbocycles. The van der Waals surface area contributed by atoms with Gasteiger partial charge in [-0.25, -0.2) is 8.42 Å². The molecular formula is C19H22N2O6S. The first kappa shape index (κ1) is 20.1. The Morgan fingerprint density at radius 1 is 1.04 bits per heavy atom. The maximum atomic E-state index is 12.7. The number of carbonyl (C=O) groups excluding carboxylic acids is 1. The predicted molar refractivity (Wildman–Crippen MR) is 103 cm³/mol. The number of benzene rings is 1. The molecule has 1 aliphatic rings. The number of nitrogens with zero attached hydrogens (tertiary/aromatic N) is 2. The van der Waals surface area contributed by atoms with Crippen molar-refractivity contribution in [3.05, 3.63) is 52.4 Å². The second-order valence-corrected chi connectivity index (χ2v) is 8.37. The van der Waals surface area contributed by atoms with Gasteiger partial charge < -0.3 is 14.0 Å². The fraction of sp³-hybridized carbons (Fsp3) is 0.368. The van der Waals surface area contributed by atoms with E-state index in [0.717, 1.165) is 17.4 Å². The number of ether oxygens (including phenoxy) is 2. The summed E-state index contributed by atoms with van der Waals surface area (Å²) < 4.78 is 38.3. The SMILES string of the molecule is COc1ccc(C(=O)Cn2cc(S(=O)(=O)N3CCCC3)ccc2=O)cc1OC. The highest BCUT2D eigenvalue weighted by Crippen LogP contribution is 2.28. The van der Waals surface area contributed by atoms with Crippen LogP contribution in [0.2, 0.25) is 0 Å². The summed E-state index contributed by atoms with van der Waals surface area (Å²) in [6.07, 6.45) is 2.86. The van der Waals surface area contributed by atoms with Gasteiger partial charge in [0.2, 0.25) is 10.0 Å². The van der Waals surface area contributed by atoms with E-state index in [1.807, 2.05) is 0 Å². The van der Waals surface area contributed by atoms with E-state index >= 15 is 0 Å². The second kappa shape index (κ2) is 8.15. The van der Waals surface area contributed by atoms with E-state index in [1.165, 1.54) is 42.9 Å². The first-order valence-corrected chi connectivity index (χ1v) is 10.3. The number of hydrogen-bond acceptors (Lipinski definition) is 6. The van der Waals surface area contributed by atoms with Crippen molar-refractivity contribution in [3.63, 3.8) is 0 Å². The van der Waals surface area contributed by atoms with Gasteiger partial charge in [-0.2, -0.15) is 4.31 Å². The number of carbonyl (C=O) groups is 1. The highest BCUT2D eigenvalue weighted by Gasteiger charge is 2.27. The van der Waals surface area contributed by atoms with Crippen molar-refractivity contribution < 1.29 is 22.7 Å². The van der Waals surface area contributed by atoms with Crippen LogP contribution in [0.15, 0.2) is 46.2 Å². The molecule has 0 bridgehead atoms. The van der Waals surface area contributed by atoms with Gasteiger partial charge in [-0.3, -0.25) is 9.59 Å². The summed E-state index contributed by atoms with van der Waals surface area (Å²) in [5.41, 5.74) is -0.119. The normalized spacial score (nSPS) is 14.8. The lowest BCUT2D eigenvalue weighted by Gasteiger charge is -2.16. The van der Waals surface area contributed by atoms with Crippen LogP contribution in [0, 0.1) is 0 Å². The van der Waals surface area contributed by atoms with Crippen LogP contribution in [0.3, 0.4) is 0 Å². The van der Waals surface area contributed by atoms with E-state index in [1.54, 1.807) is 12.1 Å². The van der Waals surface area contributed by atoms with Crippen LogP contribution in [0.4, 0.5) is 0 Å². The zero-order valence-corrected chi connectivity index (χ0v) is 16.6. The maximum Gasteiger partial charge on any atom is 0.251 e. The third-order valence-electron chi connectivity index (χ3n) is 4.68. The molecule has 0 saturated carbocycles. The molecule has 8 nitrogen and oxygen atoms in total. The molecule has 1 aromatic heterocycles. The van der Waals surface area contributed by atoms with Gasteiger partial charge in [-0.15, -0.1) is 0 Å². The molecule has 0 atom stereocenters. The van der Waals surface area contributed by atoms with Gasteiger partial charge in [0.1, 0.15) is 0 Å². The van der Waals surface area contributed by atoms with Crippen molar-refractivity contribution in [3.8, 4) is 11.5 Å². The number of methoxy groups -OCH3 is 2. The molecular weight excluding hydrogens is 384 g/mol. The molecule has 0 N–H and O–H groups in total. The molecule has 2 heterocycles. The van der Waals surface area contributed by atoms with Gasteiger partial charge in [0, 0.05) is 30.9 Å². The number of pyridine rings is 1. The van der Waals surface area contributed by atoms with Gasteiger partial charge in [0.15, 0.2) is 17.3 Å². The first-order chi connectivity index (χ1) is 13.4. The molecule has 150 valence electrons. The summed E-state index contributed by atoms with van der Waals surface area (Å²) in [4.78, 5) is 24.8. The molecule has 1 aromatic carbocycles. The minimum Gasteiger partial charge on any atom is -0.493 e. The standard InChI is InChI=1S/C19H22N2O6S/c1-26-17-7-5-14(11-18(17)27-2)16(22)13-20-12-15(6-8-19(20)23)28(24,25)21-9-3-4-10-21/h5-8,11-12H,3-4,9-10,13H2,1-2H3. The van der Waals surface area contributed by atoms with Crippen molar-refractivity contribution in [1.82, 2.24) is 8.87 Å². The predicted octanol–water partition coefficient (Wildman–Crippen LogP) is 1.53. The van der Waals surface area contributed by atoms with Crippen LogP contribution in [0.5, 0.6) is 11.5 Å². The minimum atomic E-state index is -3.67. The monoisotopic (exact) mass is 406 g/mol. The van der Waals surface area contributed by atoms with Gasteiger partial charge in [0.25, 0.3) is 5.56 Å². The summed E-state index contributed by atoms with van der Waals surface area (Å²) in [6.45, 7) is 0.649. The third-order valence-corrected chi connectivity index (χ3v) is 6.56. The Hall–Kier alpha value is -2.65. The summed E-state index contributed by atoms with van der Waals surface area (Å²) in [5, 5.41) is 0. The largest absolute Gasteiger partial charge is 0.493 e. The fourth-order valence-corrected chi connectivity index (χ4v) is 4.66. The molecule has 0 unspecified atom stereocenters. The fourth-order valence-electron chi connectivity index (χ4n) is 3.12. The quantitative estimate of drug-likeness (QED) is 0.647. The van der Waals surface area contributed by atoms with Gasteiger partial charge in [-0.1, -0.05) is 0 Å². The van der Waals surface area contributed by atoms with Crippen LogP contribution in [0.25, 0.3) is 0 Å². The third kappa shape index (κ3) is 3.95. The summed E-state index contributed by atoms with van der Waals surface area (Å²) in [7, 11) is -0.719. The van der Waals surface area contributed by atoms with Crippen LogP contribution in [-0.4, -0.2) is 50.4 Å². The molecule has 28 heavy (non-hydrogen) atoms. The molecule has 2 aromatic rings. The van der Waals surface area contributed by atoms with E-state index in [-0.39, 0.29) is 17.2 Å². The molecule has 1 fully saturated rings. The van der Waals surface area contributed by atoms with Crippen molar-refractivity contribution in [1.29, 1.82) is 0 Å². The highest BCUT2D eigenvalue weighted by molar-refractivity contribution is 7.89. The number of ketones is 1. The van der Waals surface area contributed by atoms with E-state index in [0.29, 0.717) is 30.2 Å². The number of Topliss-reactive ketones (excluding diaryl/α,β-unsaturated/α-hetero) is 1. The van der Waals surface area contributed by atoms with Crippen molar-refractivity contribution in [2.45, 2.75) is 24.3 Å². The van der Waals surface area contributed by atoms with E-state index in [9.17, 15) is 18.0 Å². The molecule has 9 heteroatoms. The van der Waals surface area contributed by atoms with Crippen LogP contribution in [0.1, 0.15) is 23.2 Å².